The lowest BCUT2D eigenvalue weighted by Crippen LogP contribution is -2.23. The van der Waals surface area contributed by atoms with Crippen LogP contribution < -0.4 is 5.56 Å². The molecular formula is C22H21N5O2. The van der Waals surface area contributed by atoms with E-state index in [2.05, 4.69) is 17.1 Å². The first kappa shape index (κ1) is 17.8. The lowest BCUT2D eigenvalue weighted by Gasteiger charge is -2.08. The molecule has 7 heteroatoms. The lowest BCUT2D eigenvalue weighted by atomic mass is 10.1. The number of fused-ring (bicyclic) bond motifs is 1. The van der Waals surface area contributed by atoms with Gasteiger partial charge in [0, 0.05) is 12.5 Å². The van der Waals surface area contributed by atoms with E-state index in [1.807, 2.05) is 41.1 Å². The maximum absolute atomic E-state index is 12.9. The Hall–Kier alpha value is -3.32. The van der Waals surface area contributed by atoms with Gasteiger partial charge in [0.15, 0.2) is 5.82 Å². The molecule has 146 valence electrons. The topological polar surface area (TPSA) is 74.8 Å². The van der Waals surface area contributed by atoms with Crippen molar-refractivity contribution in [2.24, 2.45) is 0 Å². The van der Waals surface area contributed by atoms with E-state index >= 15 is 0 Å². The van der Waals surface area contributed by atoms with E-state index in [-0.39, 0.29) is 11.5 Å². The van der Waals surface area contributed by atoms with Gasteiger partial charge in [-0.15, -0.1) is 0 Å². The Bertz CT molecular complexity index is 1190. The van der Waals surface area contributed by atoms with E-state index in [1.165, 1.54) is 0 Å². The molecule has 2 aromatic heterocycles. The molecule has 1 atom stereocenters. The van der Waals surface area contributed by atoms with Crippen LogP contribution in [0, 0.1) is 0 Å². The summed E-state index contributed by atoms with van der Waals surface area (Å²) in [4.78, 5) is 22.1. The number of hydrogen-bond acceptors (Lipinski definition) is 5. The van der Waals surface area contributed by atoms with Gasteiger partial charge < -0.3 is 4.74 Å². The number of benzene rings is 2. The van der Waals surface area contributed by atoms with Crippen LogP contribution in [-0.2, 0) is 17.8 Å². The highest BCUT2D eigenvalue weighted by atomic mass is 16.5. The van der Waals surface area contributed by atoms with Gasteiger partial charge in [0.25, 0.3) is 5.56 Å². The van der Waals surface area contributed by atoms with E-state index in [0.717, 1.165) is 30.2 Å². The molecule has 1 saturated heterocycles. The molecule has 0 saturated carbocycles. The summed E-state index contributed by atoms with van der Waals surface area (Å²) in [6.07, 6.45) is 2.51. The molecule has 7 nitrogen and oxygen atoms in total. The standard InChI is InChI=1S/C22H21N5O2/c28-22-18-8-4-5-9-19(18)23-15-26(22)13-20-24-21(17-10-11-29-14-17)25-27(20)12-16-6-2-1-3-7-16/h1-9,15,17H,10-14H2. The minimum Gasteiger partial charge on any atom is -0.381 e. The van der Waals surface area contributed by atoms with Crippen molar-refractivity contribution in [1.82, 2.24) is 24.3 Å². The van der Waals surface area contributed by atoms with Crippen LogP contribution in [0.4, 0.5) is 0 Å². The SMILES string of the molecule is O=c1c2ccccc2ncn1Cc1nc(C2CCOC2)nn1Cc1ccccc1. The molecule has 0 aliphatic carbocycles. The summed E-state index contributed by atoms with van der Waals surface area (Å²) >= 11 is 0. The minimum absolute atomic E-state index is 0.0735. The van der Waals surface area contributed by atoms with Crippen molar-refractivity contribution < 1.29 is 4.74 Å². The van der Waals surface area contributed by atoms with Crippen LogP contribution in [0.15, 0.2) is 65.7 Å². The highest BCUT2D eigenvalue weighted by molar-refractivity contribution is 5.76. The van der Waals surface area contributed by atoms with Gasteiger partial charge >= 0.3 is 0 Å². The molecule has 29 heavy (non-hydrogen) atoms. The average molecular weight is 387 g/mol. The summed E-state index contributed by atoms with van der Waals surface area (Å²) < 4.78 is 9.00. The van der Waals surface area contributed by atoms with E-state index in [4.69, 9.17) is 14.8 Å². The molecule has 0 amide bonds. The first-order valence-electron chi connectivity index (χ1n) is 9.77. The van der Waals surface area contributed by atoms with Gasteiger partial charge in [-0.1, -0.05) is 42.5 Å². The van der Waals surface area contributed by atoms with Gasteiger partial charge in [0.05, 0.1) is 36.9 Å². The van der Waals surface area contributed by atoms with Crippen molar-refractivity contribution in [2.45, 2.75) is 25.4 Å². The molecule has 1 unspecified atom stereocenters. The van der Waals surface area contributed by atoms with Crippen molar-refractivity contribution >= 4 is 10.9 Å². The van der Waals surface area contributed by atoms with Gasteiger partial charge in [-0.25, -0.2) is 14.6 Å². The zero-order valence-electron chi connectivity index (χ0n) is 15.9. The number of hydrogen-bond donors (Lipinski definition) is 0. The first-order valence-corrected chi connectivity index (χ1v) is 9.77. The second-order valence-electron chi connectivity index (χ2n) is 7.28. The van der Waals surface area contributed by atoms with Crippen LogP contribution in [0.5, 0.6) is 0 Å². The van der Waals surface area contributed by atoms with Crippen LogP contribution in [0.2, 0.25) is 0 Å². The second-order valence-corrected chi connectivity index (χ2v) is 7.28. The average Bonchev–Trinajstić information content (AvgIpc) is 3.42. The third-order valence-corrected chi connectivity index (χ3v) is 5.28. The highest BCUT2D eigenvalue weighted by Crippen LogP contribution is 2.23. The quantitative estimate of drug-likeness (QED) is 0.526. The summed E-state index contributed by atoms with van der Waals surface area (Å²) in [5, 5.41) is 5.37. The van der Waals surface area contributed by atoms with Crippen LogP contribution in [0.25, 0.3) is 10.9 Å². The van der Waals surface area contributed by atoms with Crippen molar-refractivity contribution in [1.29, 1.82) is 0 Å². The van der Waals surface area contributed by atoms with Crippen molar-refractivity contribution in [3.63, 3.8) is 0 Å². The van der Waals surface area contributed by atoms with Gasteiger partial charge in [-0.05, 0) is 24.1 Å². The molecule has 1 fully saturated rings. The van der Waals surface area contributed by atoms with E-state index in [9.17, 15) is 4.79 Å². The highest BCUT2D eigenvalue weighted by Gasteiger charge is 2.24. The number of aromatic nitrogens is 5. The van der Waals surface area contributed by atoms with E-state index in [0.29, 0.717) is 30.6 Å². The zero-order chi connectivity index (χ0) is 19.6. The molecule has 5 rings (SSSR count). The molecule has 1 aliphatic rings. The van der Waals surface area contributed by atoms with Gasteiger partial charge in [0.2, 0.25) is 0 Å². The molecule has 1 aliphatic heterocycles. The number of ether oxygens (including phenoxy) is 1. The third kappa shape index (κ3) is 3.56. The van der Waals surface area contributed by atoms with E-state index in [1.54, 1.807) is 17.0 Å². The van der Waals surface area contributed by atoms with Crippen molar-refractivity contribution in [2.75, 3.05) is 13.2 Å². The van der Waals surface area contributed by atoms with Gasteiger partial charge in [-0.2, -0.15) is 5.10 Å². The molecule has 3 heterocycles. The predicted octanol–water partition coefficient (Wildman–Crippen LogP) is 2.59. The van der Waals surface area contributed by atoms with Crippen molar-refractivity contribution in [3.05, 3.63) is 88.5 Å². The summed E-state index contributed by atoms with van der Waals surface area (Å²) in [6, 6.07) is 17.5. The Balaban J connectivity index is 1.52. The maximum Gasteiger partial charge on any atom is 0.261 e. The molecule has 0 spiro atoms. The summed E-state index contributed by atoms with van der Waals surface area (Å²) in [6.45, 7) is 2.31. The number of nitrogens with zero attached hydrogens (tertiary/aromatic N) is 5. The number of para-hydroxylation sites is 1. The van der Waals surface area contributed by atoms with Crippen molar-refractivity contribution in [3.8, 4) is 0 Å². The fraction of sp³-hybridized carbons (Fsp3) is 0.273. The Morgan fingerprint density at radius 2 is 1.86 bits per heavy atom. The molecule has 0 N–H and O–H groups in total. The summed E-state index contributed by atoms with van der Waals surface area (Å²) in [7, 11) is 0. The Kier molecular flexibility index (Phi) is 4.65. The Labute approximate surface area is 167 Å². The third-order valence-electron chi connectivity index (χ3n) is 5.28. The molecule has 0 bridgehead atoms. The normalized spacial score (nSPS) is 16.5. The Morgan fingerprint density at radius 1 is 1.03 bits per heavy atom. The van der Waals surface area contributed by atoms with Crippen LogP contribution in [-0.4, -0.2) is 37.5 Å². The molecule has 0 radical (unpaired) electrons. The molecule has 2 aromatic carbocycles. The lowest BCUT2D eigenvalue weighted by molar-refractivity contribution is 0.193. The largest absolute Gasteiger partial charge is 0.381 e. The molecule has 4 aromatic rings. The predicted molar refractivity (Wildman–Crippen MR) is 109 cm³/mol. The van der Waals surface area contributed by atoms with Gasteiger partial charge in [-0.3, -0.25) is 9.36 Å². The minimum atomic E-state index is -0.0735. The summed E-state index contributed by atoms with van der Waals surface area (Å²) in [5.74, 6) is 1.74. The smallest absolute Gasteiger partial charge is 0.261 e. The maximum atomic E-state index is 12.9. The number of rotatable bonds is 5. The van der Waals surface area contributed by atoms with Crippen LogP contribution >= 0.6 is 0 Å². The summed E-state index contributed by atoms with van der Waals surface area (Å²) in [5.41, 5.74) is 1.76. The monoisotopic (exact) mass is 387 g/mol. The Morgan fingerprint density at radius 3 is 2.69 bits per heavy atom. The van der Waals surface area contributed by atoms with E-state index < -0.39 is 0 Å². The zero-order valence-corrected chi connectivity index (χ0v) is 15.9. The fourth-order valence-electron chi connectivity index (χ4n) is 3.68. The van der Waals surface area contributed by atoms with Gasteiger partial charge in [0.1, 0.15) is 5.82 Å². The fourth-order valence-corrected chi connectivity index (χ4v) is 3.68. The molecular weight excluding hydrogens is 366 g/mol. The first-order chi connectivity index (χ1) is 14.3. The van der Waals surface area contributed by atoms with Crippen LogP contribution in [0.1, 0.15) is 29.6 Å². The second kappa shape index (κ2) is 7.60. The van der Waals surface area contributed by atoms with Crippen LogP contribution in [0.3, 0.4) is 0 Å².